The molecule has 3 unspecified atom stereocenters. The van der Waals surface area contributed by atoms with Crippen molar-refractivity contribution in [3.63, 3.8) is 0 Å². The number of halogens is 2. The van der Waals surface area contributed by atoms with Gasteiger partial charge in [0, 0.05) is 18.7 Å². The lowest BCUT2D eigenvalue weighted by molar-refractivity contribution is 0.298. The Morgan fingerprint density at radius 1 is 1.16 bits per heavy atom. The van der Waals surface area contributed by atoms with Crippen molar-refractivity contribution in [3.8, 4) is 0 Å². The zero-order chi connectivity index (χ0) is 13.0. The molecule has 2 nitrogen and oxygen atoms in total. The molecule has 2 bridgehead atoms. The number of hydrogen-bond acceptors (Lipinski definition) is 1. The molecule has 0 saturated heterocycles. The molecule has 2 saturated carbocycles. The van der Waals surface area contributed by atoms with Gasteiger partial charge in [-0.2, -0.15) is 0 Å². The topological polar surface area (TPSA) is 17.8 Å². The van der Waals surface area contributed by atoms with E-state index in [0.717, 1.165) is 18.4 Å². The second-order valence-corrected chi connectivity index (χ2v) is 6.09. The molecule has 3 atom stereocenters. The first-order valence-corrected chi connectivity index (χ1v) is 7.00. The third kappa shape index (κ3) is 1.77. The summed E-state index contributed by atoms with van der Waals surface area (Å²) in [6.45, 7) is 0.892. The van der Waals surface area contributed by atoms with E-state index < -0.39 is 11.6 Å². The molecule has 2 aromatic rings. The highest BCUT2D eigenvalue weighted by Crippen LogP contribution is 2.48. The quantitative estimate of drug-likeness (QED) is 0.806. The van der Waals surface area contributed by atoms with Gasteiger partial charge >= 0.3 is 0 Å². The zero-order valence-corrected chi connectivity index (χ0v) is 10.6. The lowest BCUT2D eigenvalue weighted by Crippen LogP contribution is -2.16. The van der Waals surface area contributed by atoms with Gasteiger partial charge in [0.2, 0.25) is 0 Å². The summed E-state index contributed by atoms with van der Waals surface area (Å²) in [5.41, 5.74) is 1.25. The smallest absolute Gasteiger partial charge is 0.161 e. The SMILES string of the molecule is Fc1cc2ncn(CC3CC4CCC3C4)c2cc1F. The minimum absolute atomic E-state index is 0.544. The molecule has 0 radical (unpaired) electrons. The third-order valence-electron chi connectivity index (χ3n) is 4.98. The first-order chi connectivity index (χ1) is 9.20. The van der Waals surface area contributed by atoms with Crippen LogP contribution >= 0.6 is 0 Å². The van der Waals surface area contributed by atoms with Crippen LogP contribution in [0.2, 0.25) is 0 Å². The molecule has 1 heterocycles. The van der Waals surface area contributed by atoms with E-state index in [2.05, 4.69) is 4.98 Å². The average Bonchev–Trinajstić information content (AvgIpc) is 3.08. The summed E-state index contributed by atoms with van der Waals surface area (Å²) in [6, 6.07) is 2.45. The molecule has 19 heavy (non-hydrogen) atoms. The summed E-state index contributed by atoms with van der Waals surface area (Å²) >= 11 is 0. The van der Waals surface area contributed by atoms with E-state index >= 15 is 0 Å². The molecule has 0 spiro atoms. The predicted octanol–water partition coefficient (Wildman–Crippen LogP) is 3.75. The van der Waals surface area contributed by atoms with E-state index in [-0.39, 0.29) is 0 Å². The first-order valence-electron chi connectivity index (χ1n) is 7.00. The number of rotatable bonds is 2. The van der Waals surface area contributed by atoms with Crippen molar-refractivity contribution in [1.29, 1.82) is 0 Å². The largest absolute Gasteiger partial charge is 0.330 e. The number of imidazole rings is 1. The molecule has 4 rings (SSSR count). The van der Waals surface area contributed by atoms with Crippen LogP contribution in [0.4, 0.5) is 8.78 Å². The molecular weight excluding hydrogens is 246 g/mol. The summed E-state index contributed by atoms with van der Waals surface area (Å²) < 4.78 is 28.5. The van der Waals surface area contributed by atoms with Crippen molar-refractivity contribution in [2.24, 2.45) is 17.8 Å². The van der Waals surface area contributed by atoms with Crippen molar-refractivity contribution in [2.45, 2.75) is 32.2 Å². The van der Waals surface area contributed by atoms with Crippen molar-refractivity contribution < 1.29 is 8.78 Å². The van der Waals surface area contributed by atoms with E-state index in [9.17, 15) is 8.78 Å². The molecule has 2 fully saturated rings. The van der Waals surface area contributed by atoms with Gasteiger partial charge in [-0.05, 0) is 37.0 Å². The van der Waals surface area contributed by atoms with Crippen LogP contribution in [0, 0.1) is 29.4 Å². The minimum atomic E-state index is -0.822. The first kappa shape index (κ1) is 11.4. The molecule has 0 N–H and O–H groups in total. The van der Waals surface area contributed by atoms with Crippen molar-refractivity contribution in [3.05, 3.63) is 30.1 Å². The van der Waals surface area contributed by atoms with Crippen LogP contribution in [-0.4, -0.2) is 9.55 Å². The van der Waals surface area contributed by atoms with Gasteiger partial charge in [0.1, 0.15) is 0 Å². The lowest BCUT2D eigenvalue weighted by atomic mass is 9.89. The summed E-state index contributed by atoms with van der Waals surface area (Å²) in [7, 11) is 0. The fourth-order valence-corrected chi connectivity index (χ4v) is 4.05. The van der Waals surface area contributed by atoms with Crippen LogP contribution < -0.4 is 0 Å². The Balaban J connectivity index is 1.66. The summed E-state index contributed by atoms with van der Waals surface area (Å²) in [5, 5.41) is 0. The van der Waals surface area contributed by atoms with Crippen LogP contribution in [0.1, 0.15) is 25.7 Å². The van der Waals surface area contributed by atoms with Gasteiger partial charge in [-0.1, -0.05) is 6.42 Å². The summed E-state index contributed by atoms with van der Waals surface area (Å²) in [4.78, 5) is 4.18. The Bertz CT molecular complexity index is 634. The van der Waals surface area contributed by atoms with Crippen molar-refractivity contribution in [1.82, 2.24) is 9.55 Å². The molecule has 1 aromatic carbocycles. The van der Waals surface area contributed by atoms with Crippen LogP contribution in [0.3, 0.4) is 0 Å². The van der Waals surface area contributed by atoms with Crippen LogP contribution in [0.15, 0.2) is 18.5 Å². The van der Waals surface area contributed by atoms with Crippen LogP contribution in [0.5, 0.6) is 0 Å². The highest BCUT2D eigenvalue weighted by atomic mass is 19.2. The number of aromatic nitrogens is 2. The molecule has 0 amide bonds. The van der Waals surface area contributed by atoms with E-state index in [1.807, 2.05) is 4.57 Å². The highest BCUT2D eigenvalue weighted by molar-refractivity contribution is 5.75. The van der Waals surface area contributed by atoms with Gasteiger partial charge in [-0.25, -0.2) is 13.8 Å². The molecule has 4 heteroatoms. The monoisotopic (exact) mass is 262 g/mol. The number of fused-ring (bicyclic) bond motifs is 3. The van der Waals surface area contributed by atoms with E-state index in [0.29, 0.717) is 17.0 Å². The summed E-state index contributed by atoms with van der Waals surface area (Å²) in [5.74, 6) is 0.802. The Morgan fingerprint density at radius 3 is 2.74 bits per heavy atom. The molecule has 0 aliphatic heterocycles. The van der Waals surface area contributed by atoms with Gasteiger partial charge in [0.15, 0.2) is 11.6 Å². The Kier molecular flexibility index (Phi) is 2.41. The van der Waals surface area contributed by atoms with E-state index in [4.69, 9.17) is 0 Å². The zero-order valence-electron chi connectivity index (χ0n) is 10.6. The third-order valence-corrected chi connectivity index (χ3v) is 4.98. The average molecular weight is 262 g/mol. The fourth-order valence-electron chi connectivity index (χ4n) is 4.05. The number of benzene rings is 1. The maximum Gasteiger partial charge on any atom is 0.161 e. The highest BCUT2D eigenvalue weighted by Gasteiger charge is 2.39. The molecule has 2 aliphatic carbocycles. The van der Waals surface area contributed by atoms with Gasteiger partial charge in [0.05, 0.1) is 17.4 Å². The molecule has 2 aliphatic rings. The normalized spacial score (nSPS) is 29.5. The fraction of sp³-hybridized carbons (Fsp3) is 0.533. The van der Waals surface area contributed by atoms with E-state index in [1.165, 1.54) is 37.8 Å². The Hall–Kier alpha value is -1.45. The second-order valence-electron chi connectivity index (χ2n) is 6.09. The Morgan fingerprint density at radius 2 is 2.00 bits per heavy atom. The molecule has 1 aromatic heterocycles. The molecule has 100 valence electrons. The predicted molar refractivity (Wildman–Crippen MR) is 68.6 cm³/mol. The maximum absolute atomic E-state index is 13.4. The van der Waals surface area contributed by atoms with Crippen molar-refractivity contribution >= 4 is 11.0 Å². The van der Waals surface area contributed by atoms with Crippen LogP contribution in [-0.2, 0) is 6.54 Å². The van der Waals surface area contributed by atoms with Crippen LogP contribution in [0.25, 0.3) is 11.0 Å². The minimum Gasteiger partial charge on any atom is -0.330 e. The van der Waals surface area contributed by atoms with Crippen molar-refractivity contribution in [2.75, 3.05) is 0 Å². The van der Waals surface area contributed by atoms with Gasteiger partial charge in [0.25, 0.3) is 0 Å². The van der Waals surface area contributed by atoms with Gasteiger partial charge < -0.3 is 4.57 Å². The summed E-state index contributed by atoms with van der Waals surface area (Å²) in [6.07, 6.45) is 7.08. The van der Waals surface area contributed by atoms with Gasteiger partial charge in [-0.3, -0.25) is 0 Å². The van der Waals surface area contributed by atoms with Gasteiger partial charge in [-0.15, -0.1) is 0 Å². The number of hydrogen-bond donors (Lipinski definition) is 0. The van der Waals surface area contributed by atoms with E-state index in [1.54, 1.807) is 6.33 Å². The Labute approximate surface area is 110 Å². The lowest BCUT2D eigenvalue weighted by Gasteiger charge is -2.22. The standard InChI is InChI=1S/C15H16F2N2/c16-12-5-14-15(6-13(12)17)19(8-18-14)7-11-4-9-1-2-10(11)3-9/h5-6,8-11H,1-4,7H2. The number of nitrogens with zero attached hydrogens (tertiary/aromatic N) is 2. The maximum atomic E-state index is 13.4. The second kappa shape index (κ2) is 4.02. The molecular formula is C15H16F2N2.